The number of hydrogen-bond donors (Lipinski definition) is 1. The van der Waals surface area contributed by atoms with Gasteiger partial charge in [0.2, 0.25) is 5.78 Å². The summed E-state index contributed by atoms with van der Waals surface area (Å²) in [7, 11) is 0. The van der Waals surface area contributed by atoms with Crippen LogP contribution < -0.4 is 0 Å². The van der Waals surface area contributed by atoms with Gasteiger partial charge in [0.15, 0.2) is 6.61 Å². The van der Waals surface area contributed by atoms with Crippen LogP contribution in [0, 0.1) is 13.8 Å². The number of aryl methyl sites for hydroxylation is 1. The van der Waals surface area contributed by atoms with Crippen molar-refractivity contribution in [3.05, 3.63) is 57.7 Å². The van der Waals surface area contributed by atoms with Crippen LogP contribution in [0.3, 0.4) is 0 Å². The Balaban J connectivity index is 1.71. The number of aromatic nitrogens is 1. The molecular weight excluding hydrogens is 366 g/mol. The molecule has 2 aromatic heterocycles. The summed E-state index contributed by atoms with van der Waals surface area (Å²) in [5.74, 6) is -1.43. The molecule has 27 heavy (non-hydrogen) atoms. The number of carbonyl (C=O) groups excluding carboxylic acids is 3. The molecule has 0 aliphatic rings. The lowest BCUT2D eigenvalue weighted by molar-refractivity contribution is 0.0477. The van der Waals surface area contributed by atoms with Gasteiger partial charge in [0.1, 0.15) is 4.88 Å². The van der Waals surface area contributed by atoms with Crippen molar-refractivity contribution in [2.75, 3.05) is 13.2 Å². The van der Waals surface area contributed by atoms with Gasteiger partial charge in [-0.3, -0.25) is 4.79 Å². The van der Waals surface area contributed by atoms with Crippen molar-refractivity contribution in [1.29, 1.82) is 0 Å². The zero-order valence-corrected chi connectivity index (χ0v) is 16.1. The highest BCUT2D eigenvalue weighted by molar-refractivity contribution is 7.20. The third-order valence-corrected chi connectivity index (χ3v) is 5.25. The zero-order valence-electron chi connectivity index (χ0n) is 15.3. The first-order valence-corrected chi connectivity index (χ1v) is 9.29. The van der Waals surface area contributed by atoms with E-state index in [0.29, 0.717) is 21.7 Å². The van der Waals surface area contributed by atoms with Crippen molar-refractivity contribution in [2.45, 2.75) is 20.8 Å². The molecule has 140 valence electrons. The molecule has 0 saturated heterocycles. The molecule has 0 saturated carbocycles. The van der Waals surface area contributed by atoms with Gasteiger partial charge in [-0.15, -0.1) is 11.3 Å². The smallest absolute Gasteiger partial charge is 0.348 e. The monoisotopic (exact) mass is 385 g/mol. The van der Waals surface area contributed by atoms with Gasteiger partial charge in [-0.2, -0.15) is 0 Å². The Kier molecular flexibility index (Phi) is 5.41. The quantitative estimate of drug-likeness (QED) is 0.511. The molecule has 3 rings (SSSR count). The summed E-state index contributed by atoms with van der Waals surface area (Å²) in [6, 6.07) is 9.37. The highest BCUT2D eigenvalue weighted by Crippen LogP contribution is 2.26. The predicted molar refractivity (Wildman–Crippen MR) is 103 cm³/mol. The summed E-state index contributed by atoms with van der Waals surface area (Å²) < 4.78 is 11.2. The summed E-state index contributed by atoms with van der Waals surface area (Å²) in [4.78, 5) is 40.1. The van der Waals surface area contributed by atoms with Gasteiger partial charge in [-0.1, -0.05) is 18.2 Å². The standard InChI is InChI=1S/C20H19NO5S/c1-4-25-20(24)17-11(2)18(21-12(17)3)14(22)10-26-19(23)16-9-13-7-5-6-8-15(13)27-16/h5-9,21H,4,10H2,1-3H3. The van der Waals surface area contributed by atoms with E-state index in [2.05, 4.69) is 4.98 Å². The van der Waals surface area contributed by atoms with Crippen LogP contribution in [0.1, 0.15) is 48.7 Å². The zero-order chi connectivity index (χ0) is 19.6. The first-order chi connectivity index (χ1) is 12.9. The minimum absolute atomic E-state index is 0.249. The number of hydrogen-bond acceptors (Lipinski definition) is 6. The Bertz CT molecular complexity index is 997. The second kappa shape index (κ2) is 7.75. The molecule has 0 amide bonds. The first-order valence-electron chi connectivity index (χ1n) is 8.47. The summed E-state index contributed by atoms with van der Waals surface area (Å²) in [5, 5.41) is 0.954. The second-order valence-electron chi connectivity index (χ2n) is 5.99. The number of esters is 2. The summed E-state index contributed by atoms with van der Waals surface area (Å²) in [6.45, 7) is 4.92. The molecular formula is C20H19NO5S. The maximum absolute atomic E-state index is 12.5. The van der Waals surface area contributed by atoms with E-state index >= 15 is 0 Å². The summed E-state index contributed by atoms with van der Waals surface area (Å²) >= 11 is 1.32. The van der Waals surface area contributed by atoms with Gasteiger partial charge in [-0.05, 0) is 43.9 Å². The Morgan fingerprint density at radius 2 is 1.81 bits per heavy atom. The number of ketones is 1. The predicted octanol–water partition coefficient (Wildman–Crippen LogP) is 4.06. The molecule has 0 spiro atoms. The Labute approximate surface area is 160 Å². The third-order valence-electron chi connectivity index (χ3n) is 4.16. The van der Waals surface area contributed by atoms with E-state index in [-0.39, 0.29) is 12.3 Å². The molecule has 3 aromatic rings. The number of H-pyrrole nitrogens is 1. The van der Waals surface area contributed by atoms with Gasteiger partial charge >= 0.3 is 11.9 Å². The highest BCUT2D eigenvalue weighted by Gasteiger charge is 2.23. The van der Waals surface area contributed by atoms with E-state index < -0.39 is 24.3 Å². The lowest BCUT2D eigenvalue weighted by atomic mass is 10.1. The number of aromatic amines is 1. The topological polar surface area (TPSA) is 85.5 Å². The second-order valence-corrected chi connectivity index (χ2v) is 7.08. The normalized spacial score (nSPS) is 10.8. The Hall–Kier alpha value is -2.93. The van der Waals surface area contributed by atoms with Crippen molar-refractivity contribution in [3.8, 4) is 0 Å². The van der Waals surface area contributed by atoms with Crippen LogP contribution in [0.15, 0.2) is 30.3 Å². The van der Waals surface area contributed by atoms with E-state index in [4.69, 9.17) is 9.47 Å². The molecule has 0 aliphatic carbocycles. The number of carbonyl (C=O) groups is 3. The van der Waals surface area contributed by atoms with Gasteiger partial charge in [-0.25, -0.2) is 9.59 Å². The van der Waals surface area contributed by atoms with Gasteiger partial charge < -0.3 is 14.5 Å². The molecule has 1 aromatic carbocycles. The summed E-state index contributed by atoms with van der Waals surface area (Å²) in [6.07, 6.45) is 0. The molecule has 0 bridgehead atoms. The van der Waals surface area contributed by atoms with Crippen LogP contribution in [-0.2, 0) is 9.47 Å². The van der Waals surface area contributed by atoms with Crippen LogP contribution in [0.5, 0.6) is 0 Å². The van der Waals surface area contributed by atoms with Crippen molar-refractivity contribution < 1.29 is 23.9 Å². The highest BCUT2D eigenvalue weighted by atomic mass is 32.1. The van der Waals surface area contributed by atoms with Crippen LogP contribution in [0.25, 0.3) is 10.1 Å². The average molecular weight is 385 g/mol. The van der Waals surface area contributed by atoms with E-state index in [1.807, 2.05) is 24.3 Å². The van der Waals surface area contributed by atoms with Gasteiger partial charge in [0.25, 0.3) is 0 Å². The molecule has 2 heterocycles. The molecule has 0 atom stereocenters. The van der Waals surface area contributed by atoms with E-state index in [1.54, 1.807) is 26.8 Å². The van der Waals surface area contributed by atoms with Crippen LogP contribution in [0.2, 0.25) is 0 Å². The van der Waals surface area contributed by atoms with E-state index in [0.717, 1.165) is 10.1 Å². The summed E-state index contributed by atoms with van der Waals surface area (Å²) in [5.41, 5.74) is 1.63. The van der Waals surface area contributed by atoms with Gasteiger partial charge in [0.05, 0.1) is 17.9 Å². The Morgan fingerprint density at radius 3 is 2.52 bits per heavy atom. The fourth-order valence-corrected chi connectivity index (χ4v) is 3.85. The maximum atomic E-state index is 12.5. The maximum Gasteiger partial charge on any atom is 0.348 e. The molecule has 0 fully saturated rings. The first kappa shape index (κ1) is 18.8. The Morgan fingerprint density at radius 1 is 1.07 bits per heavy atom. The molecule has 6 nitrogen and oxygen atoms in total. The largest absolute Gasteiger partial charge is 0.462 e. The minimum Gasteiger partial charge on any atom is -0.462 e. The number of rotatable bonds is 6. The third kappa shape index (κ3) is 3.78. The molecule has 0 radical (unpaired) electrons. The van der Waals surface area contributed by atoms with Crippen LogP contribution in [-0.4, -0.2) is 35.9 Å². The lowest BCUT2D eigenvalue weighted by Gasteiger charge is -2.04. The number of ether oxygens (including phenoxy) is 2. The fraction of sp³-hybridized carbons (Fsp3) is 0.250. The molecule has 0 aliphatic heterocycles. The average Bonchev–Trinajstić information content (AvgIpc) is 3.20. The number of Topliss-reactive ketones (excluding diaryl/α,β-unsaturated/α-hetero) is 1. The number of nitrogens with one attached hydrogen (secondary N) is 1. The van der Waals surface area contributed by atoms with Gasteiger partial charge in [0, 0.05) is 10.4 Å². The van der Waals surface area contributed by atoms with Crippen molar-refractivity contribution in [1.82, 2.24) is 4.98 Å². The number of thiophene rings is 1. The number of fused-ring (bicyclic) bond motifs is 1. The molecule has 0 unspecified atom stereocenters. The lowest BCUT2D eigenvalue weighted by Crippen LogP contribution is -2.15. The van der Waals surface area contributed by atoms with Crippen LogP contribution in [0.4, 0.5) is 0 Å². The SMILES string of the molecule is CCOC(=O)c1c(C)[nH]c(C(=O)COC(=O)c2cc3ccccc3s2)c1C. The number of benzene rings is 1. The van der Waals surface area contributed by atoms with Crippen molar-refractivity contribution >= 4 is 39.1 Å². The van der Waals surface area contributed by atoms with E-state index in [1.165, 1.54) is 11.3 Å². The van der Waals surface area contributed by atoms with Crippen molar-refractivity contribution in [3.63, 3.8) is 0 Å². The fourth-order valence-electron chi connectivity index (χ4n) is 2.90. The molecule has 1 N–H and O–H groups in total. The van der Waals surface area contributed by atoms with Crippen molar-refractivity contribution in [2.24, 2.45) is 0 Å². The molecule has 7 heteroatoms. The van der Waals surface area contributed by atoms with Crippen LogP contribution >= 0.6 is 11.3 Å². The minimum atomic E-state index is -0.545. The van der Waals surface area contributed by atoms with E-state index in [9.17, 15) is 14.4 Å².